The van der Waals surface area contributed by atoms with E-state index in [0.717, 1.165) is 11.1 Å². The quantitative estimate of drug-likeness (QED) is 0.907. The van der Waals surface area contributed by atoms with Gasteiger partial charge in [-0.15, -0.1) is 0 Å². The zero-order chi connectivity index (χ0) is 16.2. The largest absolute Gasteiger partial charge is 0.482 e. The van der Waals surface area contributed by atoms with Gasteiger partial charge in [-0.3, -0.25) is 9.59 Å². The number of carbonyl (C=O) groups excluding carboxylic acids is 2. The topological polar surface area (TPSA) is 67.4 Å². The van der Waals surface area contributed by atoms with Crippen molar-refractivity contribution < 1.29 is 18.7 Å². The highest BCUT2D eigenvalue weighted by molar-refractivity contribution is 5.95. The van der Waals surface area contributed by atoms with Gasteiger partial charge in [-0.05, 0) is 35.4 Å². The molecule has 2 aromatic carbocycles. The van der Waals surface area contributed by atoms with Crippen LogP contribution in [0.15, 0.2) is 42.5 Å². The van der Waals surface area contributed by atoms with Crippen LogP contribution in [0.2, 0.25) is 0 Å². The van der Waals surface area contributed by atoms with Crippen LogP contribution in [0.1, 0.15) is 11.1 Å². The molecule has 5 nitrogen and oxygen atoms in total. The van der Waals surface area contributed by atoms with Crippen LogP contribution in [0.4, 0.5) is 10.1 Å². The molecule has 0 atom stereocenters. The lowest BCUT2D eigenvalue weighted by Crippen LogP contribution is -2.26. The van der Waals surface area contributed by atoms with Gasteiger partial charge in [0.25, 0.3) is 5.91 Å². The standard InChI is InChI=1S/C17H15FN2O3/c18-13-4-1-11(2-5-13)8-16(21)19-9-12-3-6-14-15(7-12)23-10-17(22)20-14/h1-7H,8-10H2,(H,19,21)(H,20,22). The second-order valence-electron chi connectivity index (χ2n) is 5.25. The Morgan fingerprint density at radius 1 is 1.17 bits per heavy atom. The molecule has 0 aliphatic carbocycles. The smallest absolute Gasteiger partial charge is 0.262 e. The normalized spacial score (nSPS) is 12.8. The van der Waals surface area contributed by atoms with Crippen LogP contribution in [-0.4, -0.2) is 18.4 Å². The molecule has 0 unspecified atom stereocenters. The lowest BCUT2D eigenvalue weighted by molar-refractivity contribution is -0.120. The summed E-state index contributed by atoms with van der Waals surface area (Å²) in [6.07, 6.45) is 0.192. The minimum Gasteiger partial charge on any atom is -0.482 e. The number of halogens is 1. The van der Waals surface area contributed by atoms with Gasteiger partial charge in [-0.1, -0.05) is 18.2 Å². The summed E-state index contributed by atoms with van der Waals surface area (Å²) < 4.78 is 18.1. The van der Waals surface area contributed by atoms with E-state index < -0.39 is 0 Å². The summed E-state index contributed by atoms with van der Waals surface area (Å²) in [4.78, 5) is 23.1. The second kappa shape index (κ2) is 6.48. The average molecular weight is 314 g/mol. The summed E-state index contributed by atoms with van der Waals surface area (Å²) in [6.45, 7) is 0.345. The van der Waals surface area contributed by atoms with Crippen molar-refractivity contribution in [2.75, 3.05) is 11.9 Å². The molecule has 1 aliphatic heterocycles. The Balaban J connectivity index is 1.56. The molecule has 0 saturated heterocycles. The molecule has 0 fully saturated rings. The Morgan fingerprint density at radius 2 is 1.91 bits per heavy atom. The van der Waals surface area contributed by atoms with Gasteiger partial charge in [-0.25, -0.2) is 4.39 Å². The molecule has 1 heterocycles. The summed E-state index contributed by atoms with van der Waals surface area (Å²) in [5.41, 5.74) is 2.25. The molecule has 0 aromatic heterocycles. The molecule has 0 bridgehead atoms. The number of nitrogens with one attached hydrogen (secondary N) is 2. The summed E-state index contributed by atoms with van der Waals surface area (Å²) in [5.74, 6) is -0.0633. The number of rotatable bonds is 4. The van der Waals surface area contributed by atoms with Crippen molar-refractivity contribution in [3.05, 3.63) is 59.4 Å². The van der Waals surface area contributed by atoms with Crippen LogP contribution in [0.5, 0.6) is 5.75 Å². The number of hydrogen-bond acceptors (Lipinski definition) is 3. The lowest BCUT2D eigenvalue weighted by atomic mass is 10.1. The van der Waals surface area contributed by atoms with E-state index in [1.165, 1.54) is 12.1 Å². The molecule has 0 saturated carbocycles. The van der Waals surface area contributed by atoms with Crippen LogP contribution >= 0.6 is 0 Å². The molecule has 6 heteroatoms. The van der Waals surface area contributed by atoms with Gasteiger partial charge in [0.2, 0.25) is 5.91 Å². The third kappa shape index (κ3) is 3.85. The van der Waals surface area contributed by atoms with Gasteiger partial charge in [-0.2, -0.15) is 0 Å². The molecule has 23 heavy (non-hydrogen) atoms. The minimum atomic E-state index is -0.324. The number of benzene rings is 2. The zero-order valence-corrected chi connectivity index (χ0v) is 12.3. The maximum Gasteiger partial charge on any atom is 0.262 e. The molecular formula is C17H15FN2O3. The van der Waals surface area contributed by atoms with Crippen LogP contribution in [0.3, 0.4) is 0 Å². The van der Waals surface area contributed by atoms with E-state index in [-0.39, 0.29) is 30.7 Å². The monoisotopic (exact) mass is 314 g/mol. The number of fused-ring (bicyclic) bond motifs is 1. The van der Waals surface area contributed by atoms with Crippen molar-refractivity contribution in [1.82, 2.24) is 5.32 Å². The molecular weight excluding hydrogens is 299 g/mol. The van der Waals surface area contributed by atoms with Crippen molar-refractivity contribution in [2.24, 2.45) is 0 Å². The molecule has 0 spiro atoms. The first kappa shape index (κ1) is 15.0. The highest BCUT2D eigenvalue weighted by atomic mass is 19.1. The van der Waals surface area contributed by atoms with Gasteiger partial charge in [0.1, 0.15) is 11.6 Å². The first-order valence-electron chi connectivity index (χ1n) is 7.17. The van der Waals surface area contributed by atoms with Crippen molar-refractivity contribution >= 4 is 17.5 Å². The van der Waals surface area contributed by atoms with Gasteiger partial charge >= 0.3 is 0 Å². The third-order valence-electron chi connectivity index (χ3n) is 3.45. The van der Waals surface area contributed by atoms with E-state index in [9.17, 15) is 14.0 Å². The summed E-state index contributed by atoms with van der Waals surface area (Å²) >= 11 is 0. The first-order valence-corrected chi connectivity index (χ1v) is 7.17. The van der Waals surface area contributed by atoms with E-state index in [1.807, 2.05) is 6.07 Å². The Kier molecular flexibility index (Phi) is 4.23. The molecule has 2 N–H and O–H groups in total. The number of amides is 2. The first-order chi connectivity index (χ1) is 11.1. The summed E-state index contributed by atoms with van der Waals surface area (Å²) in [5, 5.41) is 5.51. The Labute approximate surface area is 132 Å². The van der Waals surface area contributed by atoms with E-state index in [2.05, 4.69) is 10.6 Å². The predicted octanol–water partition coefficient (Wildman–Crippen LogP) is 2.02. The molecule has 2 aromatic rings. The van der Waals surface area contributed by atoms with Crippen molar-refractivity contribution in [1.29, 1.82) is 0 Å². The fraction of sp³-hybridized carbons (Fsp3) is 0.176. The van der Waals surface area contributed by atoms with Crippen LogP contribution in [0, 0.1) is 5.82 Å². The molecule has 3 rings (SSSR count). The van der Waals surface area contributed by atoms with Crippen molar-refractivity contribution in [2.45, 2.75) is 13.0 Å². The molecule has 1 aliphatic rings. The Bertz CT molecular complexity index is 744. The van der Waals surface area contributed by atoms with Crippen molar-refractivity contribution in [3.8, 4) is 5.75 Å². The summed E-state index contributed by atoms with van der Waals surface area (Å²) in [6, 6.07) is 11.2. The third-order valence-corrected chi connectivity index (χ3v) is 3.45. The van der Waals surface area contributed by atoms with Crippen LogP contribution < -0.4 is 15.4 Å². The number of ether oxygens (including phenoxy) is 1. The maximum atomic E-state index is 12.8. The lowest BCUT2D eigenvalue weighted by Gasteiger charge is -2.18. The predicted molar refractivity (Wildman–Crippen MR) is 82.5 cm³/mol. The maximum absolute atomic E-state index is 12.8. The van der Waals surface area contributed by atoms with Crippen LogP contribution in [-0.2, 0) is 22.6 Å². The minimum absolute atomic E-state index is 0.00657. The number of carbonyl (C=O) groups is 2. The van der Waals surface area contributed by atoms with Crippen molar-refractivity contribution in [3.63, 3.8) is 0 Å². The highest BCUT2D eigenvalue weighted by Crippen LogP contribution is 2.28. The van der Waals surface area contributed by atoms with E-state index >= 15 is 0 Å². The SMILES string of the molecule is O=C(Cc1ccc(F)cc1)NCc1ccc2c(c1)OCC(=O)N2. The molecule has 118 valence electrons. The highest BCUT2D eigenvalue weighted by Gasteiger charge is 2.16. The fourth-order valence-corrected chi connectivity index (χ4v) is 2.28. The fourth-order valence-electron chi connectivity index (χ4n) is 2.28. The molecule has 0 radical (unpaired) electrons. The van der Waals surface area contributed by atoms with Gasteiger partial charge in [0.05, 0.1) is 12.1 Å². The van der Waals surface area contributed by atoms with Gasteiger partial charge < -0.3 is 15.4 Å². The average Bonchev–Trinajstić information content (AvgIpc) is 2.55. The Hall–Kier alpha value is -2.89. The number of anilines is 1. The van der Waals surface area contributed by atoms with Gasteiger partial charge in [0.15, 0.2) is 6.61 Å². The second-order valence-corrected chi connectivity index (χ2v) is 5.25. The van der Waals surface area contributed by atoms with Crippen LogP contribution in [0.25, 0.3) is 0 Å². The Morgan fingerprint density at radius 3 is 2.70 bits per heavy atom. The van der Waals surface area contributed by atoms with E-state index in [0.29, 0.717) is 18.0 Å². The van der Waals surface area contributed by atoms with E-state index in [4.69, 9.17) is 4.74 Å². The molecule has 2 amide bonds. The number of hydrogen-bond donors (Lipinski definition) is 2. The van der Waals surface area contributed by atoms with E-state index in [1.54, 1.807) is 24.3 Å². The van der Waals surface area contributed by atoms with Gasteiger partial charge in [0, 0.05) is 6.54 Å². The zero-order valence-electron chi connectivity index (χ0n) is 12.3. The summed E-state index contributed by atoms with van der Waals surface area (Å²) in [7, 11) is 0.